The number of fused-ring (bicyclic) bond motifs is 2. The predicted molar refractivity (Wildman–Crippen MR) is 72.0 cm³/mol. The Balaban J connectivity index is 1.80. The maximum atomic E-state index is 6.23. The van der Waals surface area contributed by atoms with Gasteiger partial charge in [-0.1, -0.05) is 11.6 Å². The highest BCUT2D eigenvalue weighted by molar-refractivity contribution is 6.30. The zero-order chi connectivity index (χ0) is 13.5. The molecule has 0 unspecified atom stereocenters. The molecule has 5 nitrogen and oxygen atoms in total. The summed E-state index contributed by atoms with van der Waals surface area (Å²) in [5.41, 5.74) is 2.72. The van der Waals surface area contributed by atoms with Crippen LogP contribution in [0.3, 0.4) is 0 Å². The van der Waals surface area contributed by atoms with Gasteiger partial charge in [0.25, 0.3) is 0 Å². The quantitative estimate of drug-likeness (QED) is 0.756. The molecule has 20 heavy (non-hydrogen) atoms. The van der Waals surface area contributed by atoms with Crippen molar-refractivity contribution in [3.8, 4) is 22.9 Å². The van der Waals surface area contributed by atoms with Crippen molar-refractivity contribution in [3.63, 3.8) is 0 Å². The number of rotatable bonds is 1. The summed E-state index contributed by atoms with van der Waals surface area (Å²) in [5, 5.41) is 0.461. The van der Waals surface area contributed by atoms with Crippen LogP contribution < -0.4 is 9.47 Å². The molecule has 0 radical (unpaired) electrons. The van der Waals surface area contributed by atoms with Gasteiger partial charge in [0, 0.05) is 17.5 Å². The summed E-state index contributed by atoms with van der Waals surface area (Å²) in [7, 11) is 0. The first-order valence-electron chi connectivity index (χ1n) is 6.34. The minimum absolute atomic E-state index is 0.252. The van der Waals surface area contributed by atoms with Crippen molar-refractivity contribution < 1.29 is 14.2 Å². The minimum Gasteiger partial charge on any atom is -0.454 e. The summed E-state index contributed by atoms with van der Waals surface area (Å²) in [6.07, 6.45) is 0.759. The van der Waals surface area contributed by atoms with Crippen LogP contribution in [-0.4, -0.2) is 23.4 Å². The van der Waals surface area contributed by atoms with E-state index < -0.39 is 0 Å². The van der Waals surface area contributed by atoms with Crippen LogP contribution in [0.1, 0.15) is 11.3 Å². The van der Waals surface area contributed by atoms with Crippen LogP contribution >= 0.6 is 11.6 Å². The van der Waals surface area contributed by atoms with Crippen LogP contribution in [0.15, 0.2) is 18.2 Å². The first-order chi connectivity index (χ1) is 9.81. The fourth-order valence-electron chi connectivity index (χ4n) is 2.36. The average molecular weight is 291 g/mol. The molecule has 0 bridgehead atoms. The number of ether oxygens (including phenoxy) is 3. The van der Waals surface area contributed by atoms with Gasteiger partial charge in [-0.05, 0) is 18.2 Å². The van der Waals surface area contributed by atoms with Gasteiger partial charge in [-0.3, -0.25) is 0 Å². The van der Waals surface area contributed by atoms with Gasteiger partial charge in [0.1, 0.15) is 5.15 Å². The molecule has 0 spiro atoms. The van der Waals surface area contributed by atoms with Gasteiger partial charge in [0.15, 0.2) is 17.3 Å². The lowest BCUT2D eigenvalue weighted by Crippen LogP contribution is -2.14. The molecule has 0 atom stereocenters. The van der Waals surface area contributed by atoms with E-state index in [1.54, 1.807) is 0 Å². The molecular weight excluding hydrogens is 280 g/mol. The number of benzene rings is 1. The van der Waals surface area contributed by atoms with Gasteiger partial charge in [-0.15, -0.1) is 0 Å². The van der Waals surface area contributed by atoms with Crippen molar-refractivity contribution >= 4 is 11.6 Å². The third-order valence-electron chi connectivity index (χ3n) is 3.40. The number of halogens is 1. The highest BCUT2D eigenvalue weighted by Crippen LogP contribution is 2.35. The van der Waals surface area contributed by atoms with Crippen LogP contribution in [0, 0.1) is 0 Å². The van der Waals surface area contributed by atoms with E-state index >= 15 is 0 Å². The topological polar surface area (TPSA) is 53.5 Å². The second-order valence-corrected chi connectivity index (χ2v) is 4.99. The van der Waals surface area contributed by atoms with Gasteiger partial charge >= 0.3 is 0 Å². The molecule has 0 amide bonds. The van der Waals surface area contributed by atoms with Crippen molar-refractivity contribution in [1.82, 2.24) is 9.97 Å². The first kappa shape index (κ1) is 11.9. The lowest BCUT2D eigenvalue weighted by atomic mass is 10.1. The van der Waals surface area contributed by atoms with Crippen LogP contribution in [0.2, 0.25) is 5.15 Å². The van der Waals surface area contributed by atoms with Crippen molar-refractivity contribution in [2.75, 3.05) is 13.4 Å². The molecule has 2 aliphatic rings. The Bertz CT molecular complexity index is 690. The van der Waals surface area contributed by atoms with Crippen molar-refractivity contribution in [1.29, 1.82) is 0 Å². The van der Waals surface area contributed by atoms with E-state index in [9.17, 15) is 0 Å². The molecule has 2 aromatic rings. The van der Waals surface area contributed by atoms with Gasteiger partial charge < -0.3 is 14.2 Å². The summed E-state index contributed by atoms with van der Waals surface area (Å²) < 4.78 is 16.1. The molecular formula is C14H11ClN2O3. The van der Waals surface area contributed by atoms with Crippen molar-refractivity contribution in [3.05, 3.63) is 34.6 Å². The SMILES string of the molecule is Clc1nc(-c2ccc3c(c2)OCO3)nc2c1COCC2. The predicted octanol–water partition coefficient (Wildman–Crippen LogP) is 2.60. The van der Waals surface area contributed by atoms with Crippen LogP contribution in [-0.2, 0) is 17.8 Å². The smallest absolute Gasteiger partial charge is 0.231 e. The Kier molecular flexibility index (Phi) is 2.75. The highest BCUT2D eigenvalue weighted by atomic mass is 35.5. The first-order valence-corrected chi connectivity index (χ1v) is 6.72. The monoisotopic (exact) mass is 290 g/mol. The molecule has 1 aromatic heterocycles. The molecule has 102 valence electrons. The number of hydrogen-bond donors (Lipinski definition) is 0. The summed E-state index contributed by atoms with van der Waals surface area (Å²) >= 11 is 6.23. The number of aromatic nitrogens is 2. The maximum Gasteiger partial charge on any atom is 0.231 e. The largest absolute Gasteiger partial charge is 0.454 e. The van der Waals surface area contributed by atoms with E-state index in [0.29, 0.717) is 29.9 Å². The minimum atomic E-state index is 0.252. The fraction of sp³-hybridized carbons (Fsp3) is 0.286. The lowest BCUT2D eigenvalue weighted by Gasteiger charge is -2.17. The molecule has 0 aliphatic carbocycles. The van der Waals surface area contributed by atoms with E-state index in [0.717, 1.165) is 29.0 Å². The molecule has 6 heteroatoms. The maximum absolute atomic E-state index is 6.23. The molecule has 0 N–H and O–H groups in total. The molecule has 1 aromatic carbocycles. The molecule has 2 aliphatic heterocycles. The number of hydrogen-bond acceptors (Lipinski definition) is 5. The van der Waals surface area contributed by atoms with E-state index in [-0.39, 0.29) is 6.79 Å². The van der Waals surface area contributed by atoms with Crippen molar-refractivity contribution in [2.45, 2.75) is 13.0 Å². The van der Waals surface area contributed by atoms with Gasteiger partial charge in [0.2, 0.25) is 6.79 Å². The standard InChI is InChI=1S/C14H11ClN2O3/c15-13-9-6-18-4-3-10(9)16-14(17-13)8-1-2-11-12(5-8)20-7-19-11/h1-2,5H,3-4,6-7H2. The van der Waals surface area contributed by atoms with E-state index in [4.69, 9.17) is 25.8 Å². The molecule has 0 saturated carbocycles. The second kappa shape index (κ2) is 4.61. The summed E-state index contributed by atoms with van der Waals surface area (Å²) in [4.78, 5) is 8.96. The lowest BCUT2D eigenvalue weighted by molar-refractivity contribution is 0.109. The Hall–Kier alpha value is -1.85. The summed E-state index contributed by atoms with van der Waals surface area (Å²) in [5.74, 6) is 2.06. The Labute approximate surface area is 120 Å². The van der Waals surface area contributed by atoms with E-state index in [1.165, 1.54) is 0 Å². The van der Waals surface area contributed by atoms with Gasteiger partial charge in [-0.2, -0.15) is 0 Å². The normalized spacial score (nSPS) is 16.1. The van der Waals surface area contributed by atoms with E-state index in [1.807, 2.05) is 18.2 Å². The van der Waals surface area contributed by atoms with Gasteiger partial charge in [-0.25, -0.2) is 9.97 Å². The fourth-order valence-corrected chi connectivity index (χ4v) is 2.60. The Morgan fingerprint density at radius 3 is 2.95 bits per heavy atom. The molecule has 0 fully saturated rings. The average Bonchev–Trinajstić information content (AvgIpc) is 2.94. The Morgan fingerprint density at radius 1 is 1.10 bits per heavy atom. The summed E-state index contributed by atoms with van der Waals surface area (Å²) in [6, 6.07) is 5.64. The van der Waals surface area contributed by atoms with Crippen LogP contribution in [0.25, 0.3) is 11.4 Å². The zero-order valence-corrected chi connectivity index (χ0v) is 11.3. The zero-order valence-electron chi connectivity index (χ0n) is 10.6. The number of nitrogens with zero attached hydrogens (tertiary/aromatic N) is 2. The molecule has 0 saturated heterocycles. The third kappa shape index (κ3) is 1.90. The summed E-state index contributed by atoms with van der Waals surface area (Å²) in [6.45, 7) is 1.40. The third-order valence-corrected chi connectivity index (χ3v) is 3.72. The molecule has 4 rings (SSSR count). The van der Waals surface area contributed by atoms with Crippen molar-refractivity contribution in [2.24, 2.45) is 0 Å². The Morgan fingerprint density at radius 2 is 2.00 bits per heavy atom. The van der Waals surface area contributed by atoms with Crippen LogP contribution in [0.4, 0.5) is 0 Å². The highest BCUT2D eigenvalue weighted by Gasteiger charge is 2.19. The van der Waals surface area contributed by atoms with Gasteiger partial charge in [0.05, 0.1) is 18.9 Å². The second-order valence-electron chi connectivity index (χ2n) is 4.63. The molecule has 3 heterocycles. The van der Waals surface area contributed by atoms with E-state index in [2.05, 4.69) is 9.97 Å². The van der Waals surface area contributed by atoms with Crippen LogP contribution in [0.5, 0.6) is 11.5 Å².